The van der Waals surface area contributed by atoms with Crippen LogP contribution in [0.25, 0.3) is 10.8 Å². The fourth-order valence-corrected chi connectivity index (χ4v) is 3.04. The van der Waals surface area contributed by atoms with Gasteiger partial charge < -0.3 is 0 Å². The number of benzene rings is 2. The Balaban J connectivity index is 2.19. The van der Waals surface area contributed by atoms with E-state index < -0.39 is 0 Å². The molecule has 0 saturated carbocycles. The molecule has 2 aromatic carbocycles. The van der Waals surface area contributed by atoms with Crippen LogP contribution in [0.1, 0.15) is 25.3 Å². The molecule has 1 aliphatic heterocycles. The zero-order chi connectivity index (χ0) is 14.1. The van der Waals surface area contributed by atoms with E-state index in [1.54, 1.807) is 6.92 Å². The van der Waals surface area contributed by atoms with E-state index in [-0.39, 0.29) is 5.91 Å². The van der Waals surface area contributed by atoms with Gasteiger partial charge in [0.05, 0.1) is 5.69 Å². The summed E-state index contributed by atoms with van der Waals surface area (Å²) in [4.78, 5) is 12.2. The number of carbonyl (C=O) groups excluding carboxylic acids is 1. The van der Waals surface area contributed by atoms with Crippen molar-refractivity contribution in [2.45, 2.75) is 26.7 Å². The Bertz CT molecular complexity index is 644. The molecule has 3 rings (SSSR count). The summed E-state index contributed by atoms with van der Waals surface area (Å²) in [6.45, 7) is 5.65. The Morgan fingerprint density at radius 3 is 2.50 bits per heavy atom. The van der Waals surface area contributed by atoms with E-state index in [0.29, 0.717) is 0 Å². The number of amides is 1. The molecule has 104 valence electrons. The first kappa shape index (κ1) is 13.1. The smallest absolute Gasteiger partial charge is 0.238 e. The predicted octanol–water partition coefficient (Wildman–Crippen LogP) is 3.51. The number of anilines is 1. The quantitative estimate of drug-likeness (QED) is 0.832. The van der Waals surface area contributed by atoms with E-state index in [1.807, 2.05) is 17.1 Å². The maximum Gasteiger partial charge on any atom is 0.238 e. The first-order valence-corrected chi connectivity index (χ1v) is 7.22. The summed E-state index contributed by atoms with van der Waals surface area (Å²) in [5.41, 5.74) is 2.18. The molecule has 1 amide bonds. The van der Waals surface area contributed by atoms with Crippen molar-refractivity contribution in [3.8, 4) is 0 Å². The topological polar surface area (TPSA) is 23.6 Å². The zero-order valence-electron chi connectivity index (χ0n) is 12.1. The average molecular weight is 268 g/mol. The summed E-state index contributed by atoms with van der Waals surface area (Å²) in [6, 6.07) is 12.5. The molecule has 0 aromatic heterocycles. The molecule has 0 unspecified atom stereocenters. The molecule has 1 saturated heterocycles. The van der Waals surface area contributed by atoms with Gasteiger partial charge in [-0.25, -0.2) is 10.0 Å². The SMILES string of the molecule is CC(=O)N(c1c(C)ccc2ccccc12)N1CCCC1. The van der Waals surface area contributed by atoms with Crippen molar-refractivity contribution in [1.29, 1.82) is 0 Å². The van der Waals surface area contributed by atoms with E-state index in [2.05, 4.69) is 36.2 Å². The highest BCUT2D eigenvalue weighted by molar-refractivity contribution is 6.03. The monoisotopic (exact) mass is 268 g/mol. The highest BCUT2D eigenvalue weighted by Crippen LogP contribution is 2.32. The molecular formula is C17H20N2O. The molecule has 0 spiro atoms. The molecule has 2 aromatic rings. The number of aryl methyl sites for hydroxylation is 1. The molecule has 1 heterocycles. The minimum atomic E-state index is 0.0892. The van der Waals surface area contributed by atoms with Crippen LogP contribution in [0.2, 0.25) is 0 Å². The van der Waals surface area contributed by atoms with Crippen LogP contribution in [0.5, 0.6) is 0 Å². The van der Waals surface area contributed by atoms with Crippen molar-refractivity contribution in [3.63, 3.8) is 0 Å². The molecular weight excluding hydrogens is 248 g/mol. The number of rotatable bonds is 2. The van der Waals surface area contributed by atoms with Gasteiger partial charge in [-0.2, -0.15) is 0 Å². The van der Waals surface area contributed by atoms with Crippen molar-refractivity contribution in [2.75, 3.05) is 18.1 Å². The summed E-state index contributed by atoms with van der Waals surface area (Å²) in [5, 5.41) is 6.38. The van der Waals surface area contributed by atoms with Gasteiger partial charge in [0.2, 0.25) is 5.91 Å². The van der Waals surface area contributed by atoms with Crippen molar-refractivity contribution >= 4 is 22.4 Å². The molecule has 3 nitrogen and oxygen atoms in total. The average Bonchev–Trinajstić information content (AvgIpc) is 2.95. The lowest BCUT2D eigenvalue weighted by Crippen LogP contribution is -2.44. The lowest BCUT2D eigenvalue weighted by atomic mass is 10.0. The van der Waals surface area contributed by atoms with E-state index in [1.165, 1.54) is 5.39 Å². The van der Waals surface area contributed by atoms with Crippen molar-refractivity contribution in [2.24, 2.45) is 0 Å². The second-order valence-corrected chi connectivity index (χ2v) is 5.44. The number of nitrogens with zero attached hydrogens (tertiary/aromatic N) is 2. The third-order valence-electron chi connectivity index (χ3n) is 3.98. The summed E-state index contributed by atoms with van der Waals surface area (Å²) >= 11 is 0. The minimum Gasteiger partial charge on any atom is -0.273 e. The van der Waals surface area contributed by atoms with E-state index in [9.17, 15) is 4.79 Å². The molecule has 1 fully saturated rings. The normalized spacial score (nSPS) is 15.7. The Labute approximate surface area is 119 Å². The van der Waals surface area contributed by atoms with Crippen molar-refractivity contribution in [3.05, 3.63) is 42.0 Å². The van der Waals surface area contributed by atoms with Crippen LogP contribution in [-0.4, -0.2) is 24.0 Å². The van der Waals surface area contributed by atoms with Crippen molar-refractivity contribution < 1.29 is 4.79 Å². The third kappa shape index (κ3) is 2.18. The van der Waals surface area contributed by atoms with Crippen LogP contribution in [0.4, 0.5) is 5.69 Å². The van der Waals surface area contributed by atoms with E-state index in [0.717, 1.165) is 42.6 Å². The van der Waals surface area contributed by atoms with E-state index in [4.69, 9.17) is 0 Å². The Morgan fingerprint density at radius 2 is 1.80 bits per heavy atom. The van der Waals surface area contributed by atoms with Crippen LogP contribution in [0.15, 0.2) is 36.4 Å². The first-order chi connectivity index (χ1) is 9.68. The fraction of sp³-hybridized carbons (Fsp3) is 0.353. The summed E-state index contributed by atoms with van der Waals surface area (Å²) in [7, 11) is 0. The van der Waals surface area contributed by atoms with Gasteiger partial charge in [0.1, 0.15) is 0 Å². The standard InChI is InChI=1S/C17H20N2O/c1-13-9-10-15-7-3-4-8-16(15)17(13)19(14(2)20)18-11-5-6-12-18/h3-4,7-10H,5-6,11-12H2,1-2H3. The van der Waals surface area contributed by atoms with Gasteiger partial charge in [0.25, 0.3) is 0 Å². The Hall–Kier alpha value is -1.87. The third-order valence-corrected chi connectivity index (χ3v) is 3.98. The highest BCUT2D eigenvalue weighted by Gasteiger charge is 2.25. The van der Waals surface area contributed by atoms with Crippen LogP contribution < -0.4 is 5.01 Å². The molecule has 3 heteroatoms. The number of carbonyl (C=O) groups is 1. The second-order valence-electron chi connectivity index (χ2n) is 5.44. The van der Waals surface area contributed by atoms with Crippen LogP contribution in [0, 0.1) is 6.92 Å². The highest BCUT2D eigenvalue weighted by atomic mass is 16.2. The largest absolute Gasteiger partial charge is 0.273 e. The van der Waals surface area contributed by atoms with Crippen LogP contribution >= 0.6 is 0 Å². The molecule has 20 heavy (non-hydrogen) atoms. The van der Waals surface area contributed by atoms with Crippen molar-refractivity contribution in [1.82, 2.24) is 5.01 Å². The number of hydrogen-bond donors (Lipinski definition) is 0. The van der Waals surface area contributed by atoms with Gasteiger partial charge in [0, 0.05) is 25.4 Å². The molecule has 0 N–H and O–H groups in total. The summed E-state index contributed by atoms with van der Waals surface area (Å²) < 4.78 is 0. The maximum atomic E-state index is 12.2. The van der Waals surface area contributed by atoms with Gasteiger partial charge in [-0.15, -0.1) is 0 Å². The lowest BCUT2D eigenvalue weighted by molar-refractivity contribution is -0.119. The zero-order valence-corrected chi connectivity index (χ0v) is 12.1. The lowest BCUT2D eigenvalue weighted by Gasteiger charge is -2.32. The van der Waals surface area contributed by atoms with Gasteiger partial charge in [-0.05, 0) is 30.7 Å². The molecule has 0 radical (unpaired) electrons. The Kier molecular flexibility index (Phi) is 3.45. The first-order valence-electron chi connectivity index (χ1n) is 7.22. The Morgan fingerprint density at radius 1 is 1.10 bits per heavy atom. The second kappa shape index (κ2) is 5.25. The van der Waals surface area contributed by atoms with E-state index >= 15 is 0 Å². The molecule has 1 aliphatic rings. The molecule has 0 aliphatic carbocycles. The minimum absolute atomic E-state index is 0.0892. The summed E-state index contributed by atoms with van der Waals surface area (Å²) in [5.74, 6) is 0.0892. The van der Waals surface area contributed by atoms with Gasteiger partial charge in [0.15, 0.2) is 0 Å². The van der Waals surface area contributed by atoms with Crippen LogP contribution in [-0.2, 0) is 4.79 Å². The molecule has 0 atom stereocenters. The fourth-order valence-electron chi connectivity index (χ4n) is 3.04. The van der Waals surface area contributed by atoms with Gasteiger partial charge in [-0.1, -0.05) is 36.4 Å². The summed E-state index contributed by atoms with van der Waals surface area (Å²) in [6.07, 6.45) is 2.32. The van der Waals surface area contributed by atoms with Crippen LogP contribution in [0.3, 0.4) is 0 Å². The van der Waals surface area contributed by atoms with Gasteiger partial charge >= 0.3 is 0 Å². The van der Waals surface area contributed by atoms with Gasteiger partial charge in [-0.3, -0.25) is 4.79 Å². The number of hydrazine groups is 1. The number of fused-ring (bicyclic) bond motifs is 1. The molecule has 0 bridgehead atoms. The number of hydrogen-bond acceptors (Lipinski definition) is 2. The maximum absolute atomic E-state index is 12.2. The predicted molar refractivity (Wildman–Crippen MR) is 82.7 cm³/mol.